The maximum absolute atomic E-state index is 10.3. The Labute approximate surface area is 129 Å². The highest BCUT2D eigenvalue weighted by Gasteiger charge is 2.23. The molecule has 0 radical (unpaired) electrons. The minimum atomic E-state index is 0.203. The first-order chi connectivity index (χ1) is 9.86. The van der Waals surface area contributed by atoms with Gasteiger partial charge in [-0.15, -0.1) is 0 Å². The Balaban J connectivity index is 2.82. The molecule has 0 heterocycles. The van der Waals surface area contributed by atoms with E-state index in [1.54, 1.807) is 6.08 Å². The maximum atomic E-state index is 10.3. The third-order valence-corrected chi connectivity index (χ3v) is 3.71. The van der Waals surface area contributed by atoms with E-state index in [1.165, 1.54) is 16.7 Å². The molecule has 0 aliphatic heterocycles. The van der Waals surface area contributed by atoms with Gasteiger partial charge in [-0.2, -0.15) is 0 Å². The number of hydrogen-bond donors (Lipinski definition) is 0. The third-order valence-electron chi connectivity index (χ3n) is 3.71. The minimum Gasteiger partial charge on any atom is -0.299 e. The molecule has 0 aromatic rings. The predicted octanol–water partition coefficient (Wildman–Crippen LogP) is 5.49. The highest BCUT2D eigenvalue weighted by atomic mass is 16.1. The molecule has 0 aromatic heterocycles. The van der Waals surface area contributed by atoms with Gasteiger partial charge >= 0.3 is 0 Å². The quantitative estimate of drug-likeness (QED) is 0.370. The van der Waals surface area contributed by atoms with Crippen molar-refractivity contribution in [2.45, 2.75) is 41.0 Å². The summed E-state index contributed by atoms with van der Waals surface area (Å²) in [6, 6.07) is 0. The largest absolute Gasteiger partial charge is 0.299 e. The molecule has 0 aromatic carbocycles. The standard InChI is InChI=1S/C20H26O/c1-16(8-6-9-17(2)13-15-21)11-12-19-18(3)10-7-14-20(19,4)5/h6-13,15H,14H2,1-5H3/b9-6?,12-11+,16-8+,17-13?. The molecule has 0 fully saturated rings. The molecule has 1 rings (SSSR count). The van der Waals surface area contributed by atoms with Gasteiger partial charge < -0.3 is 0 Å². The second-order valence-corrected chi connectivity index (χ2v) is 6.24. The van der Waals surface area contributed by atoms with Crippen LogP contribution in [0.2, 0.25) is 0 Å². The van der Waals surface area contributed by atoms with Crippen molar-refractivity contribution in [1.82, 2.24) is 0 Å². The molecule has 0 saturated heterocycles. The van der Waals surface area contributed by atoms with Crippen molar-refractivity contribution in [3.05, 3.63) is 70.9 Å². The summed E-state index contributed by atoms with van der Waals surface area (Å²) in [4.78, 5) is 10.3. The minimum absolute atomic E-state index is 0.203. The molecule has 1 aliphatic rings. The number of carbonyl (C=O) groups is 1. The lowest BCUT2D eigenvalue weighted by Gasteiger charge is -2.29. The van der Waals surface area contributed by atoms with E-state index in [4.69, 9.17) is 0 Å². The van der Waals surface area contributed by atoms with Crippen LogP contribution >= 0.6 is 0 Å². The molecular weight excluding hydrogens is 256 g/mol. The summed E-state index contributed by atoms with van der Waals surface area (Å²) in [5.41, 5.74) is 5.09. The van der Waals surface area contributed by atoms with Crippen molar-refractivity contribution < 1.29 is 4.79 Å². The van der Waals surface area contributed by atoms with E-state index in [2.05, 4.69) is 58.1 Å². The highest BCUT2D eigenvalue weighted by Crippen LogP contribution is 2.37. The van der Waals surface area contributed by atoms with E-state index in [0.717, 1.165) is 18.3 Å². The zero-order chi connectivity index (χ0) is 15.9. The van der Waals surface area contributed by atoms with E-state index in [9.17, 15) is 4.79 Å². The smallest absolute Gasteiger partial charge is 0.143 e. The zero-order valence-corrected chi connectivity index (χ0v) is 13.8. The predicted molar refractivity (Wildman–Crippen MR) is 92.1 cm³/mol. The molecule has 0 unspecified atom stereocenters. The van der Waals surface area contributed by atoms with Crippen LogP contribution in [0.15, 0.2) is 70.9 Å². The van der Waals surface area contributed by atoms with Crippen LogP contribution in [0.1, 0.15) is 41.0 Å². The summed E-state index contributed by atoms with van der Waals surface area (Å²) in [5, 5.41) is 0. The lowest BCUT2D eigenvalue weighted by atomic mass is 9.75. The Morgan fingerprint density at radius 2 is 1.81 bits per heavy atom. The van der Waals surface area contributed by atoms with Crippen molar-refractivity contribution >= 4 is 6.29 Å². The van der Waals surface area contributed by atoms with E-state index < -0.39 is 0 Å². The Kier molecular flexibility index (Phi) is 6.36. The second kappa shape index (κ2) is 7.78. The molecule has 1 nitrogen and oxygen atoms in total. The lowest BCUT2D eigenvalue weighted by molar-refractivity contribution is -0.104. The number of carbonyl (C=O) groups excluding carboxylic acids is 1. The number of allylic oxidation sites excluding steroid dienone is 12. The first-order valence-corrected chi connectivity index (χ1v) is 7.40. The van der Waals surface area contributed by atoms with Gasteiger partial charge in [-0.25, -0.2) is 0 Å². The van der Waals surface area contributed by atoms with Crippen LogP contribution in [0.4, 0.5) is 0 Å². The zero-order valence-electron chi connectivity index (χ0n) is 13.8. The van der Waals surface area contributed by atoms with Crippen molar-refractivity contribution in [1.29, 1.82) is 0 Å². The summed E-state index contributed by atoms with van der Waals surface area (Å²) in [6.45, 7) is 10.7. The summed E-state index contributed by atoms with van der Waals surface area (Å²) >= 11 is 0. The van der Waals surface area contributed by atoms with Gasteiger partial charge in [0.25, 0.3) is 0 Å². The molecule has 21 heavy (non-hydrogen) atoms. The molecule has 0 bridgehead atoms. The topological polar surface area (TPSA) is 17.1 Å². The van der Waals surface area contributed by atoms with Gasteiger partial charge in [0.15, 0.2) is 0 Å². The summed E-state index contributed by atoms with van der Waals surface area (Å²) < 4.78 is 0. The third kappa shape index (κ3) is 5.55. The Hall–Kier alpha value is -1.89. The van der Waals surface area contributed by atoms with Gasteiger partial charge in [0.05, 0.1) is 0 Å². The Morgan fingerprint density at radius 3 is 2.43 bits per heavy atom. The molecule has 0 saturated carbocycles. The van der Waals surface area contributed by atoms with Crippen LogP contribution in [0.25, 0.3) is 0 Å². The molecule has 1 aliphatic carbocycles. The van der Waals surface area contributed by atoms with Crippen molar-refractivity contribution in [2.75, 3.05) is 0 Å². The lowest BCUT2D eigenvalue weighted by Crippen LogP contribution is -2.16. The summed E-state index contributed by atoms with van der Waals surface area (Å²) in [7, 11) is 0. The highest BCUT2D eigenvalue weighted by molar-refractivity contribution is 5.66. The number of aldehydes is 1. The molecular formula is C20H26O. The monoisotopic (exact) mass is 282 g/mol. The molecule has 112 valence electrons. The second-order valence-electron chi connectivity index (χ2n) is 6.24. The fourth-order valence-electron chi connectivity index (χ4n) is 2.41. The van der Waals surface area contributed by atoms with E-state index >= 15 is 0 Å². The first kappa shape index (κ1) is 17.2. The van der Waals surface area contributed by atoms with Crippen LogP contribution < -0.4 is 0 Å². The number of hydrogen-bond acceptors (Lipinski definition) is 1. The summed E-state index contributed by atoms with van der Waals surface area (Å²) in [6.07, 6.45) is 18.3. The summed E-state index contributed by atoms with van der Waals surface area (Å²) in [5.74, 6) is 0. The average Bonchev–Trinajstić information content (AvgIpc) is 2.37. The Morgan fingerprint density at radius 1 is 1.14 bits per heavy atom. The molecule has 0 amide bonds. The van der Waals surface area contributed by atoms with E-state index in [-0.39, 0.29) is 5.41 Å². The fourth-order valence-corrected chi connectivity index (χ4v) is 2.41. The van der Waals surface area contributed by atoms with Gasteiger partial charge in [-0.05, 0) is 55.4 Å². The van der Waals surface area contributed by atoms with Gasteiger partial charge in [0.1, 0.15) is 6.29 Å². The van der Waals surface area contributed by atoms with Crippen LogP contribution in [0.3, 0.4) is 0 Å². The molecule has 0 N–H and O–H groups in total. The van der Waals surface area contributed by atoms with Crippen molar-refractivity contribution in [2.24, 2.45) is 5.41 Å². The number of rotatable bonds is 5. The maximum Gasteiger partial charge on any atom is 0.143 e. The van der Waals surface area contributed by atoms with Crippen LogP contribution in [-0.4, -0.2) is 6.29 Å². The SMILES string of the molecule is CC(C=C/C=C(C)/C=C/C1=C(C)C=CCC1(C)C)=CC=O. The normalized spacial score (nSPS) is 19.9. The van der Waals surface area contributed by atoms with Crippen LogP contribution in [0, 0.1) is 5.41 Å². The molecule has 0 atom stereocenters. The Bertz CT molecular complexity index is 561. The van der Waals surface area contributed by atoms with Gasteiger partial charge in [-0.3, -0.25) is 4.79 Å². The van der Waals surface area contributed by atoms with Crippen LogP contribution in [0.5, 0.6) is 0 Å². The van der Waals surface area contributed by atoms with Crippen LogP contribution in [-0.2, 0) is 4.79 Å². The average molecular weight is 282 g/mol. The van der Waals surface area contributed by atoms with Gasteiger partial charge in [0.2, 0.25) is 0 Å². The van der Waals surface area contributed by atoms with Gasteiger partial charge in [-0.1, -0.05) is 62.0 Å². The fraction of sp³-hybridized carbons (Fsp3) is 0.350. The van der Waals surface area contributed by atoms with Crippen molar-refractivity contribution in [3.63, 3.8) is 0 Å². The molecule has 0 spiro atoms. The van der Waals surface area contributed by atoms with Crippen molar-refractivity contribution in [3.8, 4) is 0 Å². The van der Waals surface area contributed by atoms with E-state index in [0.29, 0.717) is 0 Å². The molecule has 1 heteroatoms. The first-order valence-electron chi connectivity index (χ1n) is 7.40. The van der Waals surface area contributed by atoms with Gasteiger partial charge in [0, 0.05) is 0 Å². The van der Waals surface area contributed by atoms with E-state index in [1.807, 2.05) is 19.1 Å².